The van der Waals surface area contributed by atoms with E-state index in [0.717, 1.165) is 0 Å². The molecule has 0 atom stereocenters. The first-order chi connectivity index (χ1) is 9.15. The Bertz CT molecular complexity index is 559. The first-order valence-corrected chi connectivity index (χ1v) is 5.69. The molecular formula is C12H13N3O4. The van der Waals surface area contributed by atoms with Crippen LogP contribution in [0.15, 0.2) is 35.3 Å². The van der Waals surface area contributed by atoms with Crippen LogP contribution in [0.25, 0.3) is 0 Å². The van der Waals surface area contributed by atoms with Crippen molar-refractivity contribution in [1.29, 1.82) is 0 Å². The molecule has 0 aromatic carbocycles. The van der Waals surface area contributed by atoms with Gasteiger partial charge in [0, 0.05) is 25.4 Å². The third-order valence-corrected chi connectivity index (χ3v) is 2.49. The molecular weight excluding hydrogens is 250 g/mol. The van der Waals surface area contributed by atoms with Crippen LogP contribution in [0.2, 0.25) is 0 Å². The lowest BCUT2D eigenvalue weighted by atomic mass is 10.3. The van der Waals surface area contributed by atoms with Gasteiger partial charge in [-0.15, -0.1) is 0 Å². The number of imidazole rings is 1. The van der Waals surface area contributed by atoms with Crippen LogP contribution >= 0.6 is 0 Å². The number of aromatic nitrogens is 2. The SMILES string of the molecule is O=C(CCn1ccnc1)NCc1ccc(C(=O)O)o1. The van der Waals surface area contributed by atoms with Crippen molar-refractivity contribution in [1.82, 2.24) is 14.9 Å². The molecule has 0 fully saturated rings. The number of carbonyl (C=O) groups excluding carboxylic acids is 1. The lowest BCUT2D eigenvalue weighted by Gasteiger charge is -2.03. The Kier molecular flexibility index (Phi) is 3.97. The Morgan fingerprint density at radius 1 is 1.42 bits per heavy atom. The van der Waals surface area contributed by atoms with Gasteiger partial charge in [-0.05, 0) is 12.1 Å². The number of hydrogen-bond donors (Lipinski definition) is 2. The summed E-state index contributed by atoms with van der Waals surface area (Å²) in [5, 5.41) is 11.3. The average Bonchev–Trinajstić information content (AvgIpc) is 3.05. The Labute approximate surface area is 108 Å². The van der Waals surface area contributed by atoms with E-state index in [2.05, 4.69) is 10.3 Å². The fourth-order valence-electron chi connectivity index (χ4n) is 1.51. The zero-order valence-electron chi connectivity index (χ0n) is 10.1. The second-order valence-electron chi connectivity index (χ2n) is 3.90. The highest BCUT2D eigenvalue weighted by atomic mass is 16.4. The van der Waals surface area contributed by atoms with E-state index in [1.54, 1.807) is 23.3 Å². The first-order valence-electron chi connectivity index (χ1n) is 5.69. The highest BCUT2D eigenvalue weighted by molar-refractivity contribution is 5.84. The molecule has 0 spiro atoms. The molecule has 0 saturated heterocycles. The van der Waals surface area contributed by atoms with Crippen LogP contribution < -0.4 is 5.32 Å². The number of amides is 1. The minimum absolute atomic E-state index is 0.136. The van der Waals surface area contributed by atoms with E-state index in [-0.39, 0.29) is 18.2 Å². The van der Waals surface area contributed by atoms with E-state index in [4.69, 9.17) is 9.52 Å². The quantitative estimate of drug-likeness (QED) is 0.806. The zero-order chi connectivity index (χ0) is 13.7. The summed E-state index contributed by atoms with van der Waals surface area (Å²) in [5.41, 5.74) is 0. The predicted molar refractivity (Wildman–Crippen MR) is 64.4 cm³/mol. The van der Waals surface area contributed by atoms with Crippen LogP contribution in [0, 0.1) is 0 Å². The molecule has 0 saturated carbocycles. The van der Waals surface area contributed by atoms with Crippen LogP contribution in [0.1, 0.15) is 22.7 Å². The van der Waals surface area contributed by atoms with Crippen molar-refractivity contribution in [2.24, 2.45) is 0 Å². The number of carboxylic acids is 1. The summed E-state index contributed by atoms with van der Waals surface area (Å²) in [5.74, 6) is -0.990. The number of carbonyl (C=O) groups is 2. The van der Waals surface area contributed by atoms with Crippen molar-refractivity contribution in [2.75, 3.05) is 0 Å². The maximum Gasteiger partial charge on any atom is 0.371 e. The van der Waals surface area contributed by atoms with Crippen molar-refractivity contribution < 1.29 is 19.1 Å². The summed E-state index contributed by atoms with van der Waals surface area (Å²) in [6.45, 7) is 0.723. The van der Waals surface area contributed by atoms with Crippen LogP contribution in [-0.2, 0) is 17.9 Å². The largest absolute Gasteiger partial charge is 0.475 e. The standard InChI is InChI=1S/C12H13N3O4/c16-11(3-5-15-6-4-13-8-15)14-7-9-1-2-10(19-9)12(17)18/h1-2,4,6,8H,3,5,7H2,(H,14,16)(H,17,18). The highest BCUT2D eigenvalue weighted by Gasteiger charge is 2.09. The highest BCUT2D eigenvalue weighted by Crippen LogP contribution is 2.07. The third kappa shape index (κ3) is 3.70. The Morgan fingerprint density at radius 3 is 2.89 bits per heavy atom. The fraction of sp³-hybridized carbons (Fsp3) is 0.250. The zero-order valence-corrected chi connectivity index (χ0v) is 10.1. The van der Waals surface area contributed by atoms with Gasteiger partial charge in [-0.2, -0.15) is 0 Å². The molecule has 100 valence electrons. The molecule has 7 nitrogen and oxygen atoms in total. The Hall–Kier alpha value is -2.57. The van der Waals surface area contributed by atoms with Crippen LogP contribution in [-0.4, -0.2) is 26.5 Å². The van der Waals surface area contributed by atoms with Crippen molar-refractivity contribution in [3.05, 3.63) is 42.4 Å². The van der Waals surface area contributed by atoms with Gasteiger partial charge in [-0.1, -0.05) is 0 Å². The second kappa shape index (κ2) is 5.85. The predicted octanol–water partition coefficient (Wildman–Crippen LogP) is 0.881. The van der Waals surface area contributed by atoms with Crippen LogP contribution in [0.3, 0.4) is 0 Å². The van der Waals surface area contributed by atoms with Crippen molar-refractivity contribution in [3.8, 4) is 0 Å². The number of aromatic carboxylic acids is 1. The first kappa shape index (κ1) is 12.9. The van der Waals surface area contributed by atoms with Crippen LogP contribution in [0.4, 0.5) is 0 Å². The molecule has 0 radical (unpaired) electrons. The number of aryl methyl sites for hydroxylation is 1. The number of nitrogens with zero attached hydrogens (tertiary/aromatic N) is 2. The second-order valence-corrected chi connectivity index (χ2v) is 3.90. The molecule has 0 bridgehead atoms. The summed E-state index contributed by atoms with van der Waals surface area (Å²) in [7, 11) is 0. The van der Waals surface area contributed by atoms with Gasteiger partial charge < -0.3 is 19.4 Å². The molecule has 2 rings (SSSR count). The lowest BCUT2D eigenvalue weighted by Crippen LogP contribution is -2.23. The van der Waals surface area contributed by atoms with Gasteiger partial charge in [0.15, 0.2) is 0 Å². The third-order valence-electron chi connectivity index (χ3n) is 2.49. The number of nitrogens with one attached hydrogen (secondary N) is 1. The van der Waals surface area contributed by atoms with Gasteiger partial charge in [0.2, 0.25) is 11.7 Å². The topological polar surface area (TPSA) is 97.4 Å². The molecule has 2 aromatic rings. The molecule has 0 aliphatic carbocycles. The van der Waals surface area contributed by atoms with E-state index in [9.17, 15) is 9.59 Å². The number of carboxylic acid groups (broad SMARTS) is 1. The summed E-state index contributed by atoms with van der Waals surface area (Å²) in [4.78, 5) is 26.0. The van der Waals surface area contributed by atoms with Gasteiger partial charge in [-0.3, -0.25) is 4.79 Å². The normalized spacial score (nSPS) is 10.3. The van der Waals surface area contributed by atoms with E-state index in [1.807, 2.05) is 0 Å². The van der Waals surface area contributed by atoms with Gasteiger partial charge in [0.05, 0.1) is 12.9 Å². The molecule has 7 heteroatoms. The summed E-state index contributed by atoms with van der Waals surface area (Å²) in [6.07, 6.45) is 5.38. The molecule has 0 aliphatic rings. The smallest absolute Gasteiger partial charge is 0.371 e. The fourth-order valence-corrected chi connectivity index (χ4v) is 1.51. The van der Waals surface area contributed by atoms with Gasteiger partial charge in [-0.25, -0.2) is 9.78 Å². The number of rotatable bonds is 6. The number of hydrogen-bond acceptors (Lipinski definition) is 4. The maximum absolute atomic E-state index is 11.5. The molecule has 19 heavy (non-hydrogen) atoms. The minimum atomic E-state index is -1.13. The lowest BCUT2D eigenvalue weighted by molar-refractivity contribution is -0.121. The summed E-state index contributed by atoms with van der Waals surface area (Å²) in [6, 6.07) is 2.88. The minimum Gasteiger partial charge on any atom is -0.475 e. The van der Waals surface area contributed by atoms with Crippen LogP contribution in [0.5, 0.6) is 0 Å². The molecule has 2 aromatic heterocycles. The average molecular weight is 263 g/mol. The van der Waals surface area contributed by atoms with Gasteiger partial charge >= 0.3 is 5.97 Å². The van der Waals surface area contributed by atoms with E-state index >= 15 is 0 Å². The van der Waals surface area contributed by atoms with E-state index < -0.39 is 5.97 Å². The van der Waals surface area contributed by atoms with E-state index in [1.165, 1.54) is 12.1 Å². The monoisotopic (exact) mass is 263 g/mol. The molecule has 2 N–H and O–H groups in total. The maximum atomic E-state index is 11.5. The Morgan fingerprint density at radius 2 is 2.26 bits per heavy atom. The Balaban J connectivity index is 1.75. The van der Waals surface area contributed by atoms with Gasteiger partial charge in [0.1, 0.15) is 5.76 Å². The summed E-state index contributed by atoms with van der Waals surface area (Å²) < 4.78 is 6.82. The molecule has 0 unspecified atom stereocenters. The van der Waals surface area contributed by atoms with E-state index in [0.29, 0.717) is 18.7 Å². The van der Waals surface area contributed by atoms with Crippen molar-refractivity contribution >= 4 is 11.9 Å². The molecule has 1 amide bonds. The number of furan rings is 1. The molecule has 0 aliphatic heterocycles. The van der Waals surface area contributed by atoms with Crippen molar-refractivity contribution in [3.63, 3.8) is 0 Å². The van der Waals surface area contributed by atoms with Gasteiger partial charge in [0.25, 0.3) is 0 Å². The van der Waals surface area contributed by atoms with Crippen molar-refractivity contribution in [2.45, 2.75) is 19.5 Å². The molecule has 2 heterocycles. The summed E-state index contributed by atoms with van der Waals surface area (Å²) >= 11 is 0.